The molecule has 24 heavy (non-hydrogen) atoms. The van der Waals surface area contributed by atoms with E-state index in [0.29, 0.717) is 35.3 Å². The summed E-state index contributed by atoms with van der Waals surface area (Å²) in [5, 5.41) is 0.574. The predicted octanol–water partition coefficient (Wildman–Crippen LogP) is 2.95. The smallest absolute Gasteiger partial charge is 0.261 e. The molecule has 0 amide bonds. The lowest BCUT2D eigenvalue weighted by Crippen LogP contribution is -2.22. The molecule has 0 atom stereocenters. The normalized spacial score (nSPS) is 11.4. The van der Waals surface area contributed by atoms with E-state index >= 15 is 0 Å². The van der Waals surface area contributed by atoms with Gasteiger partial charge in [0.2, 0.25) is 0 Å². The molecule has 0 saturated carbocycles. The fourth-order valence-corrected chi connectivity index (χ4v) is 3.00. The van der Waals surface area contributed by atoms with Crippen LogP contribution >= 0.6 is 0 Å². The van der Waals surface area contributed by atoms with Gasteiger partial charge >= 0.3 is 0 Å². The van der Waals surface area contributed by atoms with E-state index in [2.05, 4.69) is 9.97 Å². The Bertz CT molecular complexity index is 1110. The van der Waals surface area contributed by atoms with Gasteiger partial charge in [0.1, 0.15) is 11.6 Å². The van der Waals surface area contributed by atoms with Gasteiger partial charge in [0, 0.05) is 12.6 Å². The van der Waals surface area contributed by atoms with Gasteiger partial charge in [-0.1, -0.05) is 12.1 Å². The average molecular weight is 322 g/mol. The van der Waals surface area contributed by atoms with Crippen molar-refractivity contribution in [1.29, 1.82) is 0 Å². The molecule has 5 nitrogen and oxygen atoms in total. The number of aromatic nitrogens is 4. The van der Waals surface area contributed by atoms with E-state index in [1.54, 1.807) is 12.1 Å². The molecular weight excluding hydrogens is 307 g/mol. The minimum absolute atomic E-state index is 0.110. The van der Waals surface area contributed by atoms with Gasteiger partial charge in [-0.3, -0.25) is 9.36 Å². The number of nitrogens with zero attached hydrogens (tertiary/aromatic N) is 4. The van der Waals surface area contributed by atoms with Gasteiger partial charge in [0.25, 0.3) is 5.56 Å². The molecule has 0 radical (unpaired) electrons. The van der Waals surface area contributed by atoms with Gasteiger partial charge in [-0.05, 0) is 31.2 Å². The second kappa shape index (κ2) is 5.56. The average Bonchev–Trinajstić information content (AvgIpc) is 2.93. The molecule has 0 N–H and O–H groups in total. The van der Waals surface area contributed by atoms with E-state index < -0.39 is 0 Å². The molecule has 0 aliphatic carbocycles. The fraction of sp³-hybridized carbons (Fsp3) is 0.167. The number of para-hydroxylation sites is 1. The number of rotatable bonds is 3. The van der Waals surface area contributed by atoms with Crippen molar-refractivity contribution in [3.8, 4) is 0 Å². The zero-order valence-corrected chi connectivity index (χ0v) is 13.1. The van der Waals surface area contributed by atoms with Crippen LogP contribution in [0.1, 0.15) is 12.7 Å². The number of hydrogen-bond acceptors (Lipinski definition) is 3. The predicted molar refractivity (Wildman–Crippen MR) is 90.5 cm³/mol. The zero-order valence-electron chi connectivity index (χ0n) is 13.1. The Hall–Kier alpha value is -3.02. The Morgan fingerprint density at radius 2 is 1.96 bits per heavy atom. The number of hydrogen-bond donors (Lipinski definition) is 0. The molecule has 6 heteroatoms. The number of halogens is 1. The maximum Gasteiger partial charge on any atom is 0.261 e. The van der Waals surface area contributed by atoms with Crippen molar-refractivity contribution in [2.24, 2.45) is 0 Å². The Morgan fingerprint density at radius 3 is 2.79 bits per heavy atom. The van der Waals surface area contributed by atoms with Crippen LogP contribution in [-0.2, 0) is 13.1 Å². The standard InChI is InChI=1S/C18H15FN4O/c1-2-23-16-8-7-12(19)9-15(16)21-17(23)10-22-11-20-14-6-4-3-5-13(14)18(22)24/h3-9,11H,2,10H2,1H3. The monoisotopic (exact) mass is 322 g/mol. The maximum absolute atomic E-state index is 13.4. The van der Waals surface area contributed by atoms with Gasteiger partial charge < -0.3 is 4.57 Å². The van der Waals surface area contributed by atoms with Crippen molar-refractivity contribution in [3.05, 3.63) is 70.8 Å². The third kappa shape index (κ3) is 2.27. The van der Waals surface area contributed by atoms with Crippen molar-refractivity contribution < 1.29 is 4.39 Å². The SMILES string of the molecule is CCn1c(Cn2cnc3ccccc3c2=O)nc2cc(F)ccc21. The van der Waals surface area contributed by atoms with E-state index in [0.717, 1.165) is 5.52 Å². The van der Waals surface area contributed by atoms with Gasteiger partial charge in [0.05, 0.1) is 34.8 Å². The Labute approximate surface area is 137 Å². The third-order valence-corrected chi connectivity index (χ3v) is 4.15. The molecule has 0 fully saturated rings. The van der Waals surface area contributed by atoms with Crippen LogP contribution in [0.3, 0.4) is 0 Å². The maximum atomic E-state index is 13.4. The van der Waals surface area contributed by atoms with E-state index in [4.69, 9.17) is 0 Å². The molecular formula is C18H15FN4O. The van der Waals surface area contributed by atoms with Crippen molar-refractivity contribution >= 4 is 21.9 Å². The fourth-order valence-electron chi connectivity index (χ4n) is 3.00. The van der Waals surface area contributed by atoms with Gasteiger partial charge in [-0.15, -0.1) is 0 Å². The van der Waals surface area contributed by atoms with E-state index in [9.17, 15) is 9.18 Å². The van der Waals surface area contributed by atoms with Crippen LogP contribution in [-0.4, -0.2) is 19.1 Å². The summed E-state index contributed by atoms with van der Waals surface area (Å²) in [7, 11) is 0. The summed E-state index contributed by atoms with van der Waals surface area (Å²) in [5.41, 5.74) is 2.01. The molecule has 4 rings (SSSR count). The molecule has 0 aliphatic heterocycles. The molecule has 2 heterocycles. The molecule has 0 bridgehead atoms. The topological polar surface area (TPSA) is 52.7 Å². The Balaban J connectivity index is 1.85. The first-order valence-electron chi connectivity index (χ1n) is 7.76. The summed E-state index contributed by atoms with van der Waals surface area (Å²) in [6.45, 7) is 2.98. The number of imidazole rings is 1. The third-order valence-electron chi connectivity index (χ3n) is 4.15. The number of aryl methyl sites for hydroxylation is 1. The van der Waals surface area contributed by atoms with Crippen LogP contribution in [0.4, 0.5) is 4.39 Å². The minimum atomic E-state index is -0.320. The van der Waals surface area contributed by atoms with Crippen LogP contribution in [0.15, 0.2) is 53.6 Å². The summed E-state index contributed by atoms with van der Waals surface area (Å²) in [6.07, 6.45) is 1.53. The summed E-state index contributed by atoms with van der Waals surface area (Å²) in [6, 6.07) is 11.8. The molecule has 0 spiro atoms. The summed E-state index contributed by atoms with van der Waals surface area (Å²) >= 11 is 0. The zero-order chi connectivity index (χ0) is 16.7. The van der Waals surface area contributed by atoms with Crippen LogP contribution < -0.4 is 5.56 Å². The van der Waals surface area contributed by atoms with E-state index in [1.165, 1.54) is 23.0 Å². The quantitative estimate of drug-likeness (QED) is 0.583. The van der Waals surface area contributed by atoms with Gasteiger partial charge in [-0.2, -0.15) is 0 Å². The molecule has 0 saturated heterocycles. The summed E-state index contributed by atoms with van der Waals surface area (Å²) < 4.78 is 16.9. The largest absolute Gasteiger partial charge is 0.327 e. The molecule has 2 aromatic carbocycles. The first-order valence-corrected chi connectivity index (χ1v) is 7.76. The minimum Gasteiger partial charge on any atom is -0.327 e. The summed E-state index contributed by atoms with van der Waals surface area (Å²) in [5.74, 6) is 0.386. The van der Waals surface area contributed by atoms with E-state index in [1.807, 2.05) is 29.7 Å². The van der Waals surface area contributed by atoms with Crippen LogP contribution in [0.5, 0.6) is 0 Å². The highest BCUT2D eigenvalue weighted by Gasteiger charge is 2.12. The highest BCUT2D eigenvalue weighted by Crippen LogP contribution is 2.18. The highest BCUT2D eigenvalue weighted by molar-refractivity contribution is 5.77. The molecule has 2 aromatic heterocycles. The second-order valence-corrected chi connectivity index (χ2v) is 5.60. The molecule has 120 valence electrons. The van der Waals surface area contributed by atoms with Crippen molar-refractivity contribution in [2.75, 3.05) is 0 Å². The summed E-state index contributed by atoms with van der Waals surface area (Å²) in [4.78, 5) is 21.5. The molecule has 0 unspecified atom stereocenters. The highest BCUT2D eigenvalue weighted by atomic mass is 19.1. The second-order valence-electron chi connectivity index (χ2n) is 5.60. The van der Waals surface area contributed by atoms with E-state index in [-0.39, 0.29) is 11.4 Å². The van der Waals surface area contributed by atoms with Crippen molar-refractivity contribution in [2.45, 2.75) is 20.0 Å². The number of fused-ring (bicyclic) bond motifs is 2. The van der Waals surface area contributed by atoms with Crippen LogP contribution in [0.25, 0.3) is 21.9 Å². The van der Waals surface area contributed by atoms with Gasteiger partial charge in [-0.25, -0.2) is 14.4 Å². The lowest BCUT2D eigenvalue weighted by atomic mass is 10.2. The van der Waals surface area contributed by atoms with Crippen molar-refractivity contribution in [3.63, 3.8) is 0 Å². The number of benzene rings is 2. The van der Waals surface area contributed by atoms with Gasteiger partial charge in [0.15, 0.2) is 0 Å². The molecule has 4 aromatic rings. The van der Waals surface area contributed by atoms with Crippen LogP contribution in [0, 0.1) is 5.82 Å². The Kier molecular flexibility index (Phi) is 3.37. The lowest BCUT2D eigenvalue weighted by Gasteiger charge is -2.08. The first-order chi connectivity index (χ1) is 11.7. The first kappa shape index (κ1) is 14.6. The van der Waals surface area contributed by atoms with Crippen LogP contribution in [0.2, 0.25) is 0 Å². The van der Waals surface area contributed by atoms with Crippen molar-refractivity contribution in [1.82, 2.24) is 19.1 Å². The molecule has 0 aliphatic rings. The lowest BCUT2D eigenvalue weighted by molar-refractivity contribution is 0.629. The Morgan fingerprint density at radius 1 is 1.12 bits per heavy atom.